The van der Waals surface area contributed by atoms with Crippen LogP contribution in [0.1, 0.15) is 43.5 Å². The molecule has 0 aliphatic carbocycles. The van der Waals surface area contributed by atoms with Crippen LogP contribution in [0.25, 0.3) is 0 Å². The fourth-order valence-corrected chi connectivity index (χ4v) is 4.74. The van der Waals surface area contributed by atoms with Gasteiger partial charge >= 0.3 is 0 Å². The van der Waals surface area contributed by atoms with E-state index in [1.807, 2.05) is 17.9 Å². The molecule has 1 aromatic rings. The van der Waals surface area contributed by atoms with Crippen molar-refractivity contribution in [2.75, 3.05) is 39.5 Å². The molecule has 3 aliphatic heterocycles. The van der Waals surface area contributed by atoms with Crippen molar-refractivity contribution in [1.29, 1.82) is 0 Å². The summed E-state index contributed by atoms with van der Waals surface area (Å²) in [4.78, 5) is 26.6. The van der Waals surface area contributed by atoms with Crippen molar-refractivity contribution in [3.05, 3.63) is 17.5 Å². The van der Waals surface area contributed by atoms with Crippen LogP contribution in [0.5, 0.6) is 0 Å². The minimum absolute atomic E-state index is 0.0769. The van der Waals surface area contributed by atoms with E-state index in [1.165, 1.54) is 0 Å². The lowest BCUT2D eigenvalue weighted by Gasteiger charge is -2.38. The van der Waals surface area contributed by atoms with E-state index in [0.29, 0.717) is 31.9 Å². The molecule has 0 bridgehead atoms. The number of hydrogen-bond acceptors (Lipinski definition) is 5. The Balaban J connectivity index is 1.18. The molecule has 29 heavy (non-hydrogen) atoms. The normalized spacial score (nSPS) is 26.2. The van der Waals surface area contributed by atoms with Gasteiger partial charge in [-0.3, -0.25) is 14.7 Å². The molecule has 1 aromatic heterocycles. The molecule has 3 saturated heterocycles. The van der Waals surface area contributed by atoms with Crippen LogP contribution in [-0.4, -0.2) is 72.5 Å². The smallest absolute Gasteiger partial charge is 0.228 e. The van der Waals surface area contributed by atoms with Gasteiger partial charge in [-0.1, -0.05) is 0 Å². The molecule has 0 radical (unpaired) electrons. The van der Waals surface area contributed by atoms with Gasteiger partial charge in [0, 0.05) is 45.0 Å². The summed E-state index contributed by atoms with van der Waals surface area (Å²) in [6.45, 7) is 6.25. The fourth-order valence-electron chi connectivity index (χ4n) is 4.74. The van der Waals surface area contributed by atoms with E-state index in [0.717, 1.165) is 63.4 Å². The van der Waals surface area contributed by atoms with Crippen LogP contribution < -0.4 is 5.32 Å². The SMILES string of the molecule is Cc1cc(CC(=O)N2CCC3(CC2)COC(CNC(=O)C[C@H]2CCOC2)C3)n[nH]1. The monoisotopic (exact) mass is 404 g/mol. The molecule has 8 heteroatoms. The van der Waals surface area contributed by atoms with Gasteiger partial charge in [-0.2, -0.15) is 5.10 Å². The van der Waals surface area contributed by atoms with E-state index in [4.69, 9.17) is 9.47 Å². The summed E-state index contributed by atoms with van der Waals surface area (Å²) >= 11 is 0. The Morgan fingerprint density at radius 3 is 2.90 bits per heavy atom. The third kappa shape index (κ3) is 5.17. The zero-order valence-electron chi connectivity index (χ0n) is 17.2. The number of carbonyl (C=O) groups is 2. The Morgan fingerprint density at radius 1 is 1.38 bits per heavy atom. The quantitative estimate of drug-likeness (QED) is 0.743. The van der Waals surface area contributed by atoms with Crippen molar-refractivity contribution in [1.82, 2.24) is 20.4 Å². The Bertz CT molecular complexity index is 720. The molecule has 3 aliphatic rings. The average molecular weight is 405 g/mol. The number of aromatic nitrogens is 2. The molecule has 8 nitrogen and oxygen atoms in total. The van der Waals surface area contributed by atoms with Crippen LogP contribution in [0.4, 0.5) is 0 Å². The molecule has 1 spiro atoms. The second-order valence-corrected chi connectivity index (χ2v) is 8.97. The summed E-state index contributed by atoms with van der Waals surface area (Å²) in [6, 6.07) is 1.92. The van der Waals surface area contributed by atoms with Gasteiger partial charge in [-0.05, 0) is 50.0 Å². The molecule has 2 N–H and O–H groups in total. The first-order chi connectivity index (χ1) is 14.0. The minimum atomic E-state index is 0.0769. The molecule has 0 saturated carbocycles. The molecule has 4 rings (SSSR count). The van der Waals surface area contributed by atoms with E-state index in [1.54, 1.807) is 0 Å². The lowest BCUT2D eigenvalue weighted by atomic mass is 9.76. The number of carbonyl (C=O) groups excluding carboxylic acids is 2. The van der Waals surface area contributed by atoms with Crippen molar-refractivity contribution in [3.8, 4) is 0 Å². The maximum absolute atomic E-state index is 12.5. The fraction of sp³-hybridized carbons (Fsp3) is 0.762. The molecule has 3 fully saturated rings. The highest BCUT2D eigenvalue weighted by Gasteiger charge is 2.43. The Kier molecular flexibility index (Phi) is 6.20. The molecule has 1 unspecified atom stereocenters. The largest absolute Gasteiger partial charge is 0.381 e. The van der Waals surface area contributed by atoms with Crippen LogP contribution in [0.3, 0.4) is 0 Å². The number of ether oxygens (including phenoxy) is 2. The standard InChI is InChI=1S/C21H32N4O4/c1-15-8-17(24-23-15)10-20(27)25-5-3-21(4-6-25)11-18(29-14-21)12-22-19(26)9-16-2-7-28-13-16/h8,16,18H,2-7,9-14H2,1H3,(H,22,26)(H,23,24)/t16-,18?/m1/s1. The first kappa shape index (κ1) is 20.3. The van der Waals surface area contributed by atoms with Crippen LogP contribution in [-0.2, 0) is 25.5 Å². The van der Waals surface area contributed by atoms with Gasteiger partial charge in [-0.15, -0.1) is 0 Å². The van der Waals surface area contributed by atoms with Crippen molar-refractivity contribution >= 4 is 11.8 Å². The summed E-state index contributed by atoms with van der Waals surface area (Å²) in [5.41, 5.74) is 1.93. The van der Waals surface area contributed by atoms with E-state index in [2.05, 4.69) is 15.5 Å². The lowest BCUT2D eigenvalue weighted by Crippen LogP contribution is -2.44. The number of nitrogens with one attached hydrogen (secondary N) is 2. The van der Waals surface area contributed by atoms with Gasteiger partial charge in [0.2, 0.25) is 11.8 Å². The van der Waals surface area contributed by atoms with Gasteiger partial charge in [-0.25, -0.2) is 0 Å². The summed E-state index contributed by atoms with van der Waals surface area (Å²) in [7, 11) is 0. The van der Waals surface area contributed by atoms with Gasteiger partial charge in [0.15, 0.2) is 0 Å². The van der Waals surface area contributed by atoms with E-state index in [-0.39, 0.29) is 23.3 Å². The highest BCUT2D eigenvalue weighted by molar-refractivity contribution is 5.78. The van der Waals surface area contributed by atoms with Crippen LogP contribution in [0, 0.1) is 18.3 Å². The third-order valence-electron chi connectivity index (χ3n) is 6.58. The van der Waals surface area contributed by atoms with Crippen LogP contribution in [0.15, 0.2) is 6.07 Å². The number of amides is 2. The number of H-pyrrole nitrogens is 1. The van der Waals surface area contributed by atoms with Crippen molar-refractivity contribution < 1.29 is 19.1 Å². The molecular weight excluding hydrogens is 372 g/mol. The number of nitrogens with zero attached hydrogens (tertiary/aromatic N) is 2. The Hall–Kier alpha value is -1.93. The summed E-state index contributed by atoms with van der Waals surface area (Å²) in [5, 5.41) is 10.1. The predicted octanol–water partition coefficient (Wildman–Crippen LogP) is 1.20. The zero-order chi connectivity index (χ0) is 20.3. The first-order valence-electron chi connectivity index (χ1n) is 10.8. The average Bonchev–Trinajstić information content (AvgIpc) is 3.44. The molecule has 160 valence electrons. The number of aryl methyl sites for hydroxylation is 1. The van der Waals surface area contributed by atoms with Crippen molar-refractivity contribution in [2.24, 2.45) is 11.3 Å². The maximum Gasteiger partial charge on any atom is 0.228 e. The van der Waals surface area contributed by atoms with Gasteiger partial charge < -0.3 is 19.7 Å². The Morgan fingerprint density at radius 2 is 2.21 bits per heavy atom. The topological polar surface area (TPSA) is 96.6 Å². The highest BCUT2D eigenvalue weighted by atomic mass is 16.5. The minimum Gasteiger partial charge on any atom is -0.381 e. The maximum atomic E-state index is 12.5. The molecule has 2 amide bonds. The highest BCUT2D eigenvalue weighted by Crippen LogP contribution is 2.41. The van der Waals surface area contributed by atoms with Crippen LogP contribution in [0.2, 0.25) is 0 Å². The molecule has 0 aromatic carbocycles. The number of hydrogen-bond donors (Lipinski definition) is 2. The lowest BCUT2D eigenvalue weighted by molar-refractivity contribution is -0.133. The molecular formula is C21H32N4O4. The van der Waals surface area contributed by atoms with Crippen molar-refractivity contribution in [3.63, 3.8) is 0 Å². The number of rotatable bonds is 6. The van der Waals surface area contributed by atoms with Gasteiger partial charge in [0.05, 0.1) is 24.8 Å². The molecule has 2 atom stereocenters. The Labute approximate surface area is 171 Å². The van der Waals surface area contributed by atoms with E-state index in [9.17, 15) is 9.59 Å². The predicted molar refractivity (Wildman–Crippen MR) is 106 cm³/mol. The van der Waals surface area contributed by atoms with Crippen molar-refractivity contribution in [2.45, 2.75) is 51.6 Å². The van der Waals surface area contributed by atoms with E-state index >= 15 is 0 Å². The number of likely N-dealkylation sites (tertiary alicyclic amines) is 1. The number of aromatic amines is 1. The van der Waals surface area contributed by atoms with Gasteiger partial charge in [0.25, 0.3) is 0 Å². The summed E-state index contributed by atoms with van der Waals surface area (Å²) in [6.07, 6.45) is 4.84. The van der Waals surface area contributed by atoms with Gasteiger partial charge in [0.1, 0.15) is 0 Å². The summed E-state index contributed by atoms with van der Waals surface area (Å²) < 4.78 is 11.3. The molecule has 4 heterocycles. The van der Waals surface area contributed by atoms with Crippen LogP contribution >= 0.6 is 0 Å². The third-order valence-corrected chi connectivity index (χ3v) is 6.58. The summed E-state index contributed by atoms with van der Waals surface area (Å²) in [5.74, 6) is 0.599. The second-order valence-electron chi connectivity index (χ2n) is 8.97. The first-order valence-corrected chi connectivity index (χ1v) is 10.8. The second kappa shape index (κ2) is 8.83. The zero-order valence-corrected chi connectivity index (χ0v) is 17.2. The van der Waals surface area contributed by atoms with E-state index < -0.39 is 0 Å². The number of piperidine rings is 1.